The number of aliphatic imine (C=N–C) groups is 1. The molecule has 0 radical (unpaired) electrons. The second kappa shape index (κ2) is 63.7. The van der Waals surface area contributed by atoms with Crippen LogP contribution >= 0.6 is 33.3 Å². The number of rotatable bonds is 56. The molecule has 2 aliphatic heterocycles. The largest absolute Gasteiger partial charge is 0.481 e. The standard InChI is InChI=1S/C72H109FN18O27S3/c73-49-13-11-48(12-14-49)39-84-118-45-59(97)80-19-23-110-27-31-114-34-36-115-35-33-113-30-26-109-22-18-79-58(96)44-117-43-56(94)77-15-5-4-9-51-63(102)90-70-67(106)87-50(10-6-16-82-72(75)76)62(101)83-40-55(93)86-53(38-61(99)100)65(104)91-71(121-120-70)68(107)88-52(37-47-7-2-1-3-8-47)64(103)89-69(119-46-60(98)85-51)66(105)81-20-24-111-28-32-112-29-25-108-21-17-78-57(95)42-116-41-54(74)92/h1-3,7-8,11-14,39,50-53,69-71H,4-6,9-10,15-38,40-46H2,(H2,74,92)(H,77,94)(H,78,95)(H,79,96)(H,80,97)(H,81,105)(H,83,101)(H,85,98)(H,86,93)(H,87,106)(H,88,107)(H,89,103)(H,90,102)(H,91,104)(H,99,100)(H4,75,76,82)/b84-39+/t50-,51-,52-,53-,69+,70+,71+/m0/s1. The molecule has 2 aromatic carbocycles. The monoisotopic (exact) mass is 1770 g/mol. The first-order chi connectivity index (χ1) is 58.3. The average Bonchev–Trinajstić information content (AvgIpc) is 1.51. The smallest absolute Gasteiger partial charge is 0.305 e. The van der Waals surface area contributed by atoms with E-state index in [0.717, 1.165) is 0 Å². The molecule has 14 amide bonds. The molecule has 45 nitrogen and oxygen atoms in total. The second-order valence-corrected chi connectivity index (χ2v) is 29.2. The van der Waals surface area contributed by atoms with Gasteiger partial charge in [0.2, 0.25) is 59.1 Å². The summed E-state index contributed by atoms with van der Waals surface area (Å²) in [4.78, 5) is 209. The molecule has 2 aromatic rings. The van der Waals surface area contributed by atoms with Crippen molar-refractivity contribution < 1.29 is 134 Å². The number of thioether (sulfide) groups is 1. The minimum absolute atomic E-state index is 0.0190. The van der Waals surface area contributed by atoms with Crippen molar-refractivity contribution in [3.63, 3.8) is 0 Å². The second-order valence-electron chi connectivity index (χ2n) is 25.6. The van der Waals surface area contributed by atoms with Crippen molar-refractivity contribution in [2.75, 3.05) is 190 Å². The van der Waals surface area contributed by atoms with Crippen LogP contribution in [0.25, 0.3) is 0 Å². The molecule has 121 heavy (non-hydrogen) atoms. The highest BCUT2D eigenvalue weighted by Gasteiger charge is 2.38. The minimum Gasteiger partial charge on any atom is -0.481 e. The molecule has 7 atom stereocenters. The zero-order valence-corrected chi connectivity index (χ0v) is 69.0. The van der Waals surface area contributed by atoms with E-state index in [2.05, 4.69) is 79.3 Å². The van der Waals surface area contributed by atoms with Gasteiger partial charge in [-0.3, -0.25) is 76.9 Å². The van der Waals surface area contributed by atoms with E-state index in [1.807, 2.05) is 0 Å². The summed E-state index contributed by atoms with van der Waals surface area (Å²) >= 11 is 0.593. The highest BCUT2D eigenvalue weighted by atomic mass is 33.1. The Balaban J connectivity index is 1.34. The molecule has 0 aromatic heterocycles. The van der Waals surface area contributed by atoms with Crippen LogP contribution in [0.5, 0.6) is 0 Å². The van der Waals surface area contributed by atoms with Gasteiger partial charge in [-0.1, -0.05) is 69.2 Å². The van der Waals surface area contributed by atoms with E-state index in [1.54, 1.807) is 30.3 Å². The van der Waals surface area contributed by atoms with Gasteiger partial charge in [0.15, 0.2) is 28.7 Å². The lowest BCUT2D eigenvalue weighted by molar-refractivity contribution is -0.141. The molecule has 2 saturated heterocycles. The first-order valence-corrected chi connectivity index (χ1v) is 41.6. The first-order valence-electron chi connectivity index (χ1n) is 38.3. The Bertz CT molecular complexity index is 3610. The lowest BCUT2D eigenvalue weighted by Crippen LogP contribution is -2.58. The molecule has 0 saturated carbocycles. The third-order valence-corrected chi connectivity index (χ3v) is 19.5. The molecule has 2 heterocycles. The zero-order chi connectivity index (χ0) is 88.0. The summed E-state index contributed by atoms with van der Waals surface area (Å²) in [5.74, 6) is -15.0. The lowest BCUT2D eigenvalue weighted by atomic mass is 10.1. The van der Waals surface area contributed by atoms with Crippen LogP contribution in [-0.2, 0) is 131 Å². The highest BCUT2D eigenvalue weighted by Crippen LogP contribution is 2.31. The van der Waals surface area contributed by atoms with Gasteiger partial charge < -0.3 is 144 Å². The van der Waals surface area contributed by atoms with E-state index in [4.69, 9.17) is 69.4 Å². The van der Waals surface area contributed by atoms with E-state index in [1.165, 1.54) is 30.5 Å². The SMILES string of the molecule is NC(=O)COCC(=O)NCCOCCOCCOCCNC(=O)[C@@H]1NC(=O)[C@H](Cc2ccccc2)NC(=O)[C@@H]2NC(=O)[C@H](CC(=O)O)NC(=O)CNC(=O)[C@H](CCCN=C(N)N)NC(=O)[C@H](NC(=O)[C@H](CCCCNC(=O)COCC(=O)NCCOCCOCCOCCOCCOCCNC(=O)CO/N=C/c3ccc(F)cc3)NC(=O)CS1)SS2. The minimum atomic E-state index is -1.93. The summed E-state index contributed by atoms with van der Waals surface area (Å²) < 4.78 is 67.0. The Morgan fingerprint density at radius 2 is 0.909 bits per heavy atom. The van der Waals surface area contributed by atoms with Crippen molar-refractivity contribution in [3.8, 4) is 0 Å². The molecule has 674 valence electrons. The third-order valence-electron chi connectivity index (χ3n) is 15.8. The summed E-state index contributed by atoms with van der Waals surface area (Å²) in [6.07, 6.45) is -0.116. The number of aliphatic carboxylic acids is 1. The number of carboxylic acids is 1. The number of nitrogens with zero attached hydrogens (tertiary/aromatic N) is 2. The normalized spacial score (nSPS) is 18.3. The Morgan fingerprint density at radius 3 is 1.42 bits per heavy atom. The topological polar surface area (TPSA) is 637 Å². The van der Waals surface area contributed by atoms with Crippen molar-refractivity contribution in [1.82, 2.24) is 69.1 Å². The first kappa shape index (κ1) is 103. The van der Waals surface area contributed by atoms with Crippen LogP contribution in [0.2, 0.25) is 0 Å². The lowest BCUT2D eigenvalue weighted by Gasteiger charge is -2.27. The number of carboxylic acid groups (broad SMARTS) is 1. The van der Waals surface area contributed by atoms with E-state index in [0.29, 0.717) is 84.1 Å². The number of benzene rings is 2. The number of hydrogen-bond donors (Lipinski definition) is 17. The molecule has 2 fully saturated rings. The Hall–Kier alpha value is -10.2. The molecule has 2 aliphatic rings. The van der Waals surface area contributed by atoms with Crippen molar-refractivity contribution in [1.29, 1.82) is 0 Å². The molecule has 49 heteroatoms. The number of halogens is 1. The van der Waals surface area contributed by atoms with E-state index in [-0.39, 0.29) is 175 Å². The number of oxime groups is 1. The van der Waals surface area contributed by atoms with Crippen LogP contribution in [0.4, 0.5) is 4.39 Å². The number of carbonyl (C=O) groups is 15. The molecule has 2 bridgehead atoms. The van der Waals surface area contributed by atoms with Crippen LogP contribution in [0.1, 0.15) is 49.7 Å². The van der Waals surface area contributed by atoms with Crippen molar-refractivity contribution in [2.24, 2.45) is 27.3 Å². The number of primary amides is 1. The van der Waals surface area contributed by atoms with Crippen LogP contribution in [0.15, 0.2) is 64.7 Å². The van der Waals surface area contributed by atoms with Crippen molar-refractivity contribution in [3.05, 3.63) is 71.5 Å². The van der Waals surface area contributed by atoms with Crippen LogP contribution in [0, 0.1) is 5.82 Å². The number of ether oxygens (including phenoxy) is 10. The van der Waals surface area contributed by atoms with Crippen LogP contribution in [0.3, 0.4) is 0 Å². The van der Waals surface area contributed by atoms with E-state index >= 15 is 0 Å². The maximum absolute atomic E-state index is 14.8. The van der Waals surface area contributed by atoms with Gasteiger partial charge in [-0.05, 0) is 55.4 Å². The van der Waals surface area contributed by atoms with Gasteiger partial charge in [0, 0.05) is 45.7 Å². The van der Waals surface area contributed by atoms with Gasteiger partial charge in [0.1, 0.15) is 56.4 Å². The molecule has 0 aliphatic carbocycles. The fourth-order valence-corrected chi connectivity index (χ4v) is 13.1. The summed E-state index contributed by atoms with van der Waals surface area (Å²) in [6.45, 7) is 0.632. The molecule has 0 spiro atoms. The number of nitrogens with two attached hydrogens (primary N) is 3. The fourth-order valence-electron chi connectivity index (χ4n) is 9.94. The van der Waals surface area contributed by atoms with Gasteiger partial charge in [-0.2, -0.15) is 0 Å². The Kier molecular flexibility index (Phi) is 54.3. The van der Waals surface area contributed by atoms with Crippen molar-refractivity contribution in [2.45, 2.75) is 85.2 Å². The van der Waals surface area contributed by atoms with E-state index < -0.39 is 162 Å². The van der Waals surface area contributed by atoms with E-state index in [9.17, 15) is 81.4 Å². The quantitative estimate of drug-likeness (QED) is 0.00962. The van der Waals surface area contributed by atoms with Crippen LogP contribution in [-0.4, -0.2) is 337 Å². The van der Waals surface area contributed by atoms with Crippen LogP contribution < -0.4 is 86.3 Å². The number of carbonyl (C=O) groups excluding carboxylic acids is 14. The average molecular weight is 1770 g/mol. The molecule has 20 N–H and O–H groups in total. The number of hydrogen-bond acceptors (Lipinski definition) is 31. The molecular weight excluding hydrogens is 1660 g/mol. The summed E-state index contributed by atoms with van der Waals surface area (Å²) in [5, 5.41) is 40.9. The number of guanidine groups is 1. The Labute approximate surface area is 708 Å². The van der Waals surface area contributed by atoms with Gasteiger partial charge >= 0.3 is 5.97 Å². The summed E-state index contributed by atoms with van der Waals surface area (Å²) in [5.41, 5.74) is 17.1. The number of nitrogens with one attached hydrogen (secondary N) is 13. The Morgan fingerprint density at radius 1 is 0.463 bits per heavy atom. The van der Waals surface area contributed by atoms with Gasteiger partial charge in [-0.25, -0.2) is 4.39 Å². The zero-order valence-electron chi connectivity index (χ0n) is 66.6. The maximum Gasteiger partial charge on any atom is 0.305 e. The summed E-state index contributed by atoms with van der Waals surface area (Å²) in [6, 6.07) is 7.19. The van der Waals surface area contributed by atoms with Gasteiger partial charge in [-0.15, -0.1) is 11.8 Å². The third kappa shape index (κ3) is 50.6. The number of amides is 14. The van der Waals surface area contributed by atoms with Gasteiger partial charge in [0.25, 0.3) is 23.6 Å². The molecule has 0 unspecified atom stereocenters. The summed E-state index contributed by atoms with van der Waals surface area (Å²) in [7, 11) is 0.851. The fraction of sp³-hybridized carbons (Fsp3) is 0.597. The van der Waals surface area contributed by atoms with Crippen molar-refractivity contribution >= 4 is 134 Å². The predicted octanol–water partition coefficient (Wildman–Crippen LogP) is -7.13. The van der Waals surface area contributed by atoms with Gasteiger partial charge in [0.05, 0.1) is 131 Å². The predicted molar refractivity (Wildman–Crippen MR) is 433 cm³/mol. The number of fused-ring (bicyclic) bond motifs is 3. The molecular formula is C72H109FN18O27S3. The highest BCUT2D eigenvalue weighted by molar-refractivity contribution is 8.77. The maximum atomic E-state index is 14.8. The molecule has 4 rings (SSSR count). The number of unbranched alkanes of at least 4 members (excludes halogenated alkanes) is 1.